The van der Waals surface area contributed by atoms with E-state index in [4.69, 9.17) is 18.3 Å². The third-order valence-corrected chi connectivity index (χ3v) is 9.78. The summed E-state index contributed by atoms with van der Waals surface area (Å²) in [5.74, 6) is 0.366. The van der Waals surface area contributed by atoms with E-state index in [9.17, 15) is 13.0 Å². The molecule has 39 heavy (non-hydrogen) atoms. The SMILES string of the molecule is CCOP(=O)(OCC)c1c(-c2ccc(OC)cc2)noc1N(Cc1ccccc1)S(=O)(=O)c1ccc(C)cc1. The van der Waals surface area contributed by atoms with Crippen LogP contribution in [0.5, 0.6) is 5.75 Å². The van der Waals surface area contributed by atoms with E-state index in [0.29, 0.717) is 16.9 Å². The normalized spacial score (nSPS) is 11.9. The van der Waals surface area contributed by atoms with Gasteiger partial charge in [0.15, 0.2) is 5.30 Å². The second-order valence-corrected chi connectivity index (χ2v) is 12.4. The van der Waals surface area contributed by atoms with Crippen molar-refractivity contribution in [1.29, 1.82) is 0 Å². The first-order valence-corrected chi connectivity index (χ1v) is 15.4. The van der Waals surface area contributed by atoms with Crippen LogP contribution in [0.2, 0.25) is 0 Å². The van der Waals surface area contributed by atoms with Gasteiger partial charge in [0.2, 0.25) is 0 Å². The summed E-state index contributed by atoms with van der Waals surface area (Å²) in [5, 5.41) is 4.14. The highest BCUT2D eigenvalue weighted by atomic mass is 32.2. The van der Waals surface area contributed by atoms with Crippen LogP contribution in [-0.4, -0.2) is 33.9 Å². The quantitative estimate of drug-likeness (QED) is 0.193. The van der Waals surface area contributed by atoms with Crippen LogP contribution in [0.4, 0.5) is 5.88 Å². The Bertz CT molecular complexity index is 1530. The highest BCUT2D eigenvalue weighted by Crippen LogP contribution is 2.52. The van der Waals surface area contributed by atoms with Crippen LogP contribution in [-0.2, 0) is 30.2 Å². The summed E-state index contributed by atoms with van der Waals surface area (Å²) in [5.41, 5.74) is 2.26. The van der Waals surface area contributed by atoms with Crippen molar-refractivity contribution in [2.45, 2.75) is 32.2 Å². The fraction of sp³-hybridized carbons (Fsp3) is 0.250. The third kappa shape index (κ3) is 6.09. The molecule has 0 fully saturated rings. The van der Waals surface area contributed by atoms with Gasteiger partial charge in [-0.2, -0.15) is 0 Å². The number of hydrogen-bond donors (Lipinski definition) is 0. The van der Waals surface area contributed by atoms with E-state index in [1.807, 2.05) is 13.0 Å². The van der Waals surface area contributed by atoms with E-state index in [1.165, 1.54) is 12.1 Å². The molecule has 0 aliphatic carbocycles. The number of hydrogen-bond acceptors (Lipinski definition) is 8. The molecule has 0 aliphatic heterocycles. The second-order valence-electron chi connectivity index (χ2n) is 8.56. The van der Waals surface area contributed by atoms with Gasteiger partial charge in [0.1, 0.15) is 11.4 Å². The molecule has 1 aromatic heterocycles. The molecule has 3 aromatic carbocycles. The Kier molecular flexibility index (Phi) is 8.92. The molecule has 0 bridgehead atoms. The molecule has 0 saturated heterocycles. The molecule has 0 saturated carbocycles. The summed E-state index contributed by atoms with van der Waals surface area (Å²) in [4.78, 5) is 0.0417. The fourth-order valence-corrected chi connectivity index (χ4v) is 7.29. The van der Waals surface area contributed by atoms with Crippen molar-refractivity contribution in [2.75, 3.05) is 24.6 Å². The first kappa shape index (κ1) is 28.6. The van der Waals surface area contributed by atoms with E-state index in [-0.39, 0.29) is 41.5 Å². The predicted octanol–water partition coefficient (Wildman–Crippen LogP) is 5.95. The Labute approximate surface area is 228 Å². The number of benzene rings is 3. The topological polar surface area (TPSA) is 108 Å². The maximum absolute atomic E-state index is 14.3. The molecule has 0 spiro atoms. The van der Waals surface area contributed by atoms with Gasteiger partial charge >= 0.3 is 7.60 Å². The van der Waals surface area contributed by atoms with Crippen LogP contribution in [0.3, 0.4) is 0 Å². The van der Waals surface area contributed by atoms with Crippen molar-refractivity contribution in [3.8, 4) is 17.0 Å². The van der Waals surface area contributed by atoms with Gasteiger partial charge in [-0.05, 0) is 62.7 Å². The highest BCUT2D eigenvalue weighted by molar-refractivity contribution is 7.92. The molecule has 1 heterocycles. The number of sulfonamides is 1. The first-order chi connectivity index (χ1) is 18.7. The molecule has 0 radical (unpaired) electrons. The molecule has 9 nitrogen and oxygen atoms in total. The number of ether oxygens (including phenoxy) is 1. The first-order valence-electron chi connectivity index (χ1n) is 12.4. The third-order valence-electron chi connectivity index (χ3n) is 5.89. The van der Waals surface area contributed by atoms with E-state index < -0.39 is 17.6 Å². The number of aryl methyl sites for hydroxylation is 1. The van der Waals surface area contributed by atoms with Crippen molar-refractivity contribution >= 4 is 28.8 Å². The van der Waals surface area contributed by atoms with Crippen molar-refractivity contribution in [3.05, 3.63) is 90.0 Å². The molecule has 0 atom stereocenters. The van der Waals surface area contributed by atoms with Crippen molar-refractivity contribution in [2.24, 2.45) is 0 Å². The van der Waals surface area contributed by atoms with E-state index in [2.05, 4.69) is 5.16 Å². The zero-order chi connectivity index (χ0) is 28.0. The lowest BCUT2D eigenvalue weighted by atomic mass is 10.1. The Morgan fingerprint density at radius 3 is 2.08 bits per heavy atom. The van der Waals surface area contributed by atoms with Crippen LogP contribution in [0.15, 0.2) is 88.3 Å². The monoisotopic (exact) mass is 570 g/mol. The number of anilines is 1. The Morgan fingerprint density at radius 2 is 1.51 bits per heavy atom. The van der Waals surface area contributed by atoms with Crippen LogP contribution in [0.25, 0.3) is 11.3 Å². The summed E-state index contributed by atoms with van der Waals surface area (Å²) < 4.78 is 66.0. The summed E-state index contributed by atoms with van der Waals surface area (Å²) in [6.07, 6.45) is 0. The molecule has 0 unspecified atom stereocenters. The van der Waals surface area contributed by atoms with Crippen molar-refractivity contribution in [1.82, 2.24) is 5.16 Å². The number of nitrogens with zero attached hydrogens (tertiary/aromatic N) is 2. The molecule has 11 heteroatoms. The highest BCUT2D eigenvalue weighted by Gasteiger charge is 2.42. The second kappa shape index (κ2) is 12.2. The Balaban J connectivity index is 1.99. The zero-order valence-corrected chi connectivity index (χ0v) is 23.9. The maximum atomic E-state index is 14.3. The standard InChI is InChI=1S/C28H31N2O7PS/c1-5-35-38(31,36-6-2)27-26(23-14-16-24(34-4)17-15-23)29-37-28(27)30(20-22-10-8-7-9-11-22)39(32,33)25-18-12-21(3)13-19-25/h7-19H,5-6,20H2,1-4H3. The van der Waals surface area contributed by atoms with Crippen LogP contribution < -0.4 is 14.3 Å². The van der Waals surface area contributed by atoms with Gasteiger partial charge in [-0.15, -0.1) is 0 Å². The average molecular weight is 571 g/mol. The van der Waals surface area contributed by atoms with Crippen molar-refractivity contribution < 1.29 is 31.3 Å². The Morgan fingerprint density at radius 1 is 0.897 bits per heavy atom. The van der Waals surface area contributed by atoms with E-state index in [1.54, 1.807) is 81.6 Å². The van der Waals surface area contributed by atoms with E-state index >= 15 is 0 Å². The van der Waals surface area contributed by atoms with Gasteiger partial charge in [0, 0.05) is 5.56 Å². The van der Waals surface area contributed by atoms with Crippen molar-refractivity contribution in [3.63, 3.8) is 0 Å². The zero-order valence-electron chi connectivity index (χ0n) is 22.2. The molecular weight excluding hydrogens is 539 g/mol. The predicted molar refractivity (Wildman–Crippen MR) is 150 cm³/mol. The molecular formula is C28H31N2O7PS. The largest absolute Gasteiger partial charge is 0.497 e. The van der Waals surface area contributed by atoms with Gasteiger partial charge in [-0.1, -0.05) is 53.2 Å². The Hall–Kier alpha value is -3.43. The smallest absolute Gasteiger partial charge is 0.369 e. The number of aromatic nitrogens is 1. The molecule has 0 aliphatic rings. The fourth-order valence-electron chi connectivity index (χ4n) is 3.98. The minimum atomic E-state index is -4.21. The van der Waals surface area contributed by atoms with Gasteiger partial charge in [0.25, 0.3) is 15.9 Å². The minimum Gasteiger partial charge on any atom is -0.497 e. The van der Waals surface area contributed by atoms with Gasteiger partial charge < -0.3 is 18.3 Å². The number of methoxy groups -OCH3 is 1. The van der Waals surface area contributed by atoms with E-state index in [0.717, 1.165) is 9.87 Å². The molecule has 0 N–H and O–H groups in total. The van der Waals surface area contributed by atoms with Crippen LogP contribution in [0, 0.1) is 6.92 Å². The minimum absolute atomic E-state index is 0.0417. The van der Waals surface area contributed by atoms with Gasteiger partial charge in [0.05, 0.1) is 31.8 Å². The molecule has 4 rings (SSSR count). The average Bonchev–Trinajstić information content (AvgIpc) is 3.38. The summed E-state index contributed by atoms with van der Waals surface area (Å²) in [6, 6.07) is 22.4. The molecule has 0 amide bonds. The lowest BCUT2D eigenvalue weighted by Crippen LogP contribution is -2.34. The molecule has 206 valence electrons. The lowest BCUT2D eigenvalue weighted by Gasteiger charge is -2.25. The van der Waals surface area contributed by atoms with Gasteiger partial charge in [-0.3, -0.25) is 4.57 Å². The maximum Gasteiger partial charge on any atom is 0.369 e. The van der Waals surface area contributed by atoms with Gasteiger partial charge in [-0.25, -0.2) is 12.7 Å². The molecule has 4 aromatic rings. The summed E-state index contributed by atoms with van der Waals surface area (Å²) in [7, 11) is -6.77. The number of rotatable bonds is 12. The lowest BCUT2D eigenvalue weighted by molar-refractivity contribution is 0.230. The van der Waals surface area contributed by atoms with Crippen LogP contribution >= 0.6 is 7.60 Å². The summed E-state index contributed by atoms with van der Waals surface area (Å²) >= 11 is 0. The summed E-state index contributed by atoms with van der Waals surface area (Å²) in [6.45, 7) is 5.21. The van der Waals surface area contributed by atoms with Crippen LogP contribution in [0.1, 0.15) is 25.0 Å².